The number of hydrogen-bond acceptors (Lipinski definition) is 3. The molecule has 0 spiro atoms. The molecule has 1 aliphatic carbocycles. The van der Waals surface area contributed by atoms with Crippen molar-refractivity contribution < 1.29 is 9.63 Å². The van der Waals surface area contributed by atoms with Gasteiger partial charge in [0.1, 0.15) is 0 Å². The monoisotopic (exact) mass is 344 g/mol. The Kier molecular flexibility index (Phi) is 4.26. The van der Waals surface area contributed by atoms with Gasteiger partial charge in [0.15, 0.2) is 0 Å². The summed E-state index contributed by atoms with van der Waals surface area (Å²) in [5.41, 5.74) is 5.31. The maximum atomic E-state index is 11.1. The summed E-state index contributed by atoms with van der Waals surface area (Å²) < 4.78 is 2.23. The Hall–Kier alpha value is -2.07. The van der Waals surface area contributed by atoms with Gasteiger partial charge in [-0.05, 0) is 55.5 Å². The third-order valence-corrected chi connectivity index (χ3v) is 4.51. The van der Waals surface area contributed by atoms with Crippen LogP contribution in [0.5, 0.6) is 0 Å². The minimum absolute atomic E-state index is 0.0426. The van der Waals surface area contributed by atoms with Crippen LogP contribution in [0.1, 0.15) is 44.1 Å². The van der Waals surface area contributed by atoms with E-state index in [-0.39, 0.29) is 5.41 Å². The van der Waals surface area contributed by atoms with Crippen molar-refractivity contribution in [3.05, 3.63) is 52.3 Å². The maximum absolute atomic E-state index is 11.1. The summed E-state index contributed by atoms with van der Waals surface area (Å²) in [4.78, 5) is 16.1. The average Bonchev–Trinajstić information content (AvgIpc) is 2.81. The molecular weight excluding hydrogens is 324 g/mol. The number of nitrogens with zero attached hydrogens (tertiary/aromatic N) is 2. The van der Waals surface area contributed by atoms with Crippen LogP contribution in [0.4, 0.5) is 0 Å². The highest BCUT2D eigenvalue weighted by atomic mass is 35.5. The van der Waals surface area contributed by atoms with Crippen LogP contribution in [0.15, 0.2) is 35.5 Å². The molecule has 0 amide bonds. The first-order chi connectivity index (χ1) is 11.3. The molecule has 0 aliphatic heterocycles. The van der Waals surface area contributed by atoms with Gasteiger partial charge >= 0.3 is 5.97 Å². The molecule has 126 valence electrons. The Morgan fingerprint density at radius 1 is 1.25 bits per heavy atom. The van der Waals surface area contributed by atoms with Gasteiger partial charge in [0.2, 0.25) is 0 Å². The fraction of sp³-hybridized carbons (Fsp3) is 0.368. The van der Waals surface area contributed by atoms with Gasteiger partial charge in [0.25, 0.3) is 0 Å². The molecule has 0 fully saturated rings. The summed E-state index contributed by atoms with van der Waals surface area (Å²) in [6, 6.07) is 9.93. The normalized spacial score (nSPS) is 17.6. The van der Waals surface area contributed by atoms with E-state index in [0.29, 0.717) is 0 Å². The SMILES string of the molecule is CC(=O)O/N=C1\CC(C)(C)Cc2c1cc(C)n2-c1ccc(Cl)cc1. The number of aryl methyl sites for hydroxylation is 1. The highest BCUT2D eigenvalue weighted by Gasteiger charge is 2.33. The second-order valence-corrected chi connectivity index (χ2v) is 7.53. The number of benzene rings is 1. The summed E-state index contributed by atoms with van der Waals surface area (Å²) in [7, 11) is 0. The van der Waals surface area contributed by atoms with Crippen molar-refractivity contribution in [1.82, 2.24) is 4.57 Å². The van der Waals surface area contributed by atoms with Crippen LogP contribution in [-0.4, -0.2) is 16.2 Å². The van der Waals surface area contributed by atoms with Gasteiger partial charge in [-0.15, -0.1) is 0 Å². The van der Waals surface area contributed by atoms with Crippen molar-refractivity contribution in [3.63, 3.8) is 0 Å². The zero-order chi connectivity index (χ0) is 17.5. The van der Waals surface area contributed by atoms with Gasteiger partial charge < -0.3 is 9.40 Å². The Labute approximate surface area is 147 Å². The summed E-state index contributed by atoms with van der Waals surface area (Å²) in [6.45, 7) is 7.84. The zero-order valence-corrected chi connectivity index (χ0v) is 15.1. The number of aromatic nitrogens is 1. The van der Waals surface area contributed by atoms with Crippen LogP contribution in [0.25, 0.3) is 5.69 Å². The number of fused-ring (bicyclic) bond motifs is 1. The van der Waals surface area contributed by atoms with E-state index in [2.05, 4.69) is 36.6 Å². The molecule has 2 aromatic rings. The van der Waals surface area contributed by atoms with Gasteiger partial charge in [0, 0.05) is 34.6 Å². The summed E-state index contributed by atoms with van der Waals surface area (Å²) >= 11 is 6.02. The van der Waals surface area contributed by atoms with Crippen molar-refractivity contribution in [2.24, 2.45) is 10.6 Å². The highest BCUT2D eigenvalue weighted by molar-refractivity contribution is 6.30. The van der Waals surface area contributed by atoms with Gasteiger partial charge in [-0.25, -0.2) is 4.79 Å². The number of rotatable bonds is 2. The third-order valence-electron chi connectivity index (χ3n) is 4.26. The lowest BCUT2D eigenvalue weighted by molar-refractivity contribution is -0.140. The predicted molar refractivity (Wildman–Crippen MR) is 95.9 cm³/mol. The number of halogens is 1. The van der Waals surface area contributed by atoms with Crippen LogP contribution >= 0.6 is 11.6 Å². The van der Waals surface area contributed by atoms with Gasteiger partial charge in [-0.2, -0.15) is 0 Å². The lowest BCUT2D eigenvalue weighted by Gasteiger charge is -2.31. The standard InChI is InChI=1S/C19H21ClN2O2/c1-12-9-16-17(21-24-13(2)23)10-19(3,4)11-18(16)22(12)15-7-5-14(20)6-8-15/h5-9H,10-11H2,1-4H3/b21-17+. The first kappa shape index (κ1) is 16.8. The summed E-state index contributed by atoms with van der Waals surface area (Å²) in [5.74, 6) is -0.402. The van der Waals surface area contributed by atoms with E-state index in [0.717, 1.165) is 40.5 Å². The number of oxime groups is 1. The van der Waals surface area contributed by atoms with E-state index in [9.17, 15) is 4.79 Å². The molecule has 24 heavy (non-hydrogen) atoms. The fourth-order valence-corrected chi connectivity index (χ4v) is 3.45. The average molecular weight is 345 g/mol. The molecular formula is C19H21ClN2O2. The van der Waals surface area contributed by atoms with E-state index in [1.807, 2.05) is 24.3 Å². The topological polar surface area (TPSA) is 43.6 Å². The minimum atomic E-state index is -0.402. The number of hydrogen-bond donors (Lipinski definition) is 0. The molecule has 0 atom stereocenters. The lowest BCUT2D eigenvalue weighted by Crippen LogP contribution is -2.28. The smallest absolute Gasteiger partial charge is 0.318 e. The van der Waals surface area contributed by atoms with Crippen molar-refractivity contribution in [1.29, 1.82) is 0 Å². The molecule has 0 saturated carbocycles. The van der Waals surface area contributed by atoms with Crippen LogP contribution in [0.2, 0.25) is 5.02 Å². The van der Waals surface area contributed by atoms with Crippen molar-refractivity contribution >= 4 is 23.3 Å². The summed E-state index contributed by atoms with van der Waals surface area (Å²) in [5, 5.41) is 4.83. The zero-order valence-electron chi connectivity index (χ0n) is 14.4. The van der Waals surface area contributed by atoms with E-state index < -0.39 is 5.97 Å². The minimum Gasteiger partial charge on any atom is -0.318 e. The lowest BCUT2D eigenvalue weighted by atomic mass is 9.76. The number of carbonyl (C=O) groups is 1. The molecule has 0 unspecified atom stereocenters. The second kappa shape index (κ2) is 6.10. The van der Waals surface area contributed by atoms with E-state index >= 15 is 0 Å². The molecule has 1 aromatic heterocycles. The van der Waals surface area contributed by atoms with Crippen molar-refractivity contribution in [2.45, 2.75) is 40.5 Å². The van der Waals surface area contributed by atoms with Crippen LogP contribution in [-0.2, 0) is 16.1 Å². The Balaban J connectivity index is 2.14. The molecule has 5 heteroatoms. The van der Waals surface area contributed by atoms with E-state index in [1.54, 1.807) is 0 Å². The van der Waals surface area contributed by atoms with E-state index in [4.69, 9.17) is 16.4 Å². The molecule has 0 N–H and O–H groups in total. The van der Waals surface area contributed by atoms with Gasteiger partial charge in [-0.3, -0.25) is 0 Å². The largest absolute Gasteiger partial charge is 0.331 e. The summed E-state index contributed by atoms with van der Waals surface area (Å²) in [6.07, 6.45) is 1.70. The van der Waals surface area contributed by atoms with Crippen molar-refractivity contribution in [3.8, 4) is 5.69 Å². The van der Waals surface area contributed by atoms with Crippen LogP contribution in [0.3, 0.4) is 0 Å². The highest BCUT2D eigenvalue weighted by Crippen LogP contribution is 2.38. The Bertz CT molecular complexity index is 817. The molecule has 0 radical (unpaired) electrons. The second-order valence-electron chi connectivity index (χ2n) is 7.10. The Morgan fingerprint density at radius 3 is 2.54 bits per heavy atom. The molecule has 3 rings (SSSR count). The fourth-order valence-electron chi connectivity index (χ4n) is 3.33. The van der Waals surface area contributed by atoms with Gasteiger partial charge in [0.05, 0.1) is 5.71 Å². The first-order valence-corrected chi connectivity index (χ1v) is 8.37. The molecule has 1 aromatic carbocycles. The number of carbonyl (C=O) groups excluding carboxylic acids is 1. The van der Waals surface area contributed by atoms with Gasteiger partial charge in [-0.1, -0.05) is 30.6 Å². The van der Waals surface area contributed by atoms with Crippen LogP contribution in [0, 0.1) is 12.3 Å². The Morgan fingerprint density at radius 2 is 1.92 bits per heavy atom. The predicted octanol–water partition coefficient (Wildman–Crippen LogP) is 4.68. The molecule has 1 aliphatic rings. The molecule has 4 nitrogen and oxygen atoms in total. The maximum Gasteiger partial charge on any atom is 0.331 e. The van der Waals surface area contributed by atoms with Crippen molar-refractivity contribution in [2.75, 3.05) is 0 Å². The van der Waals surface area contributed by atoms with E-state index in [1.165, 1.54) is 12.6 Å². The van der Waals surface area contributed by atoms with Crippen LogP contribution < -0.4 is 0 Å². The molecule has 1 heterocycles. The third kappa shape index (κ3) is 3.24. The molecule has 0 bridgehead atoms. The first-order valence-electron chi connectivity index (χ1n) is 7.99. The quantitative estimate of drug-likeness (QED) is 0.586. The molecule has 0 saturated heterocycles.